The molecule has 1 nitrogen and oxygen atoms in total. The Morgan fingerprint density at radius 2 is 1.00 bits per heavy atom. The zero-order valence-corrected chi connectivity index (χ0v) is 8.25. The van der Waals surface area contributed by atoms with Gasteiger partial charge in [0, 0.05) is 65.5 Å². The minimum atomic E-state index is 0. The summed E-state index contributed by atoms with van der Waals surface area (Å²) in [5, 5.41) is 0. The van der Waals surface area contributed by atoms with Gasteiger partial charge in [0.15, 0.2) is 0 Å². The van der Waals surface area contributed by atoms with Gasteiger partial charge in [0.25, 0.3) is 0 Å². The average Bonchev–Trinajstić information content (AvgIpc) is 0. The van der Waals surface area contributed by atoms with Crippen LogP contribution in [-0.2, 0) is 38.2 Å². The molecule has 0 aliphatic rings. The summed E-state index contributed by atoms with van der Waals surface area (Å²) in [6, 6.07) is 0. The quantitative estimate of drug-likeness (QED) is 0.499. The molecule has 0 rings (SSSR count). The van der Waals surface area contributed by atoms with Gasteiger partial charge in [-0.2, -0.15) is 0 Å². The molecule has 0 spiro atoms. The maximum absolute atomic E-state index is 0. The van der Waals surface area contributed by atoms with Crippen LogP contribution in [0.5, 0.6) is 0 Å². The third-order valence-electron chi connectivity index (χ3n) is 0. The third kappa shape index (κ3) is 8.94. The summed E-state index contributed by atoms with van der Waals surface area (Å²) >= 11 is 0. The Morgan fingerprint density at radius 3 is 1.00 bits per heavy atom. The Hall–Kier alpha value is 2.09. The standard InChI is InChI=1S/Ni.H2O.Pb.Ti/h;1H2;;. The minimum Gasteiger partial charge on any atom is -0.412 e. The van der Waals surface area contributed by atoms with Crippen LogP contribution in [0.25, 0.3) is 0 Å². The fourth-order valence-electron chi connectivity index (χ4n) is 0. The molecule has 2 N–H and O–H groups in total. The molecule has 0 amide bonds. The molecule has 0 aliphatic heterocycles. The summed E-state index contributed by atoms with van der Waals surface area (Å²) < 4.78 is 0. The summed E-state index contributed by atoms with van der Waals surface area (Å²) in [7, 11) is 0. The molecule has 4 heavy (non-hydrogen) atoms. The van der Waals surface area contributed by atoms with Crippen molar-refractivity contribution in [2.45, 2.75) is 0 Å². The predicted molar refractivity (Wildman–Crippen MR) is 9.37 cm³/mol. The predicted octanol–water partition coefficient (Wildman–Crippen LogP) is -1.21. The van der Waals surface area contributed by atoms with Gasteiger partial charge in [-0.3, -0.25) is 0 Å². The van der Waals surface area contributed by atoms with Crippen molar-refractivity contribution in [2.24, 2.45) is 0 Å². The first kappa shape index (κ1) is 36.1. The van der Waals surface area contributed by atoms with E-state index in [9.17, 15) is 0 Å². The van der Waals surface area contributed by atoms with Crippen LogP contribution < -0.4 is 0 Å². The second-order valence-corrected chi connectivity index (χ2v) is 0. The molecule has 0 fully saturated rings. The molecular weight excluding hydrogens is 330 g/mol. The van der Waals surface area contributed by atoms with E-state index in [0.717, 1.165) is 0 Å². The van der Waals surface area contributed by atoms with E-state index >= 15 is 0 Å². The van der Waals surface area contributed by atoms with Crippen molar-refractivity contribution < 1.29 is 43.7 Å². The molecule has 0 aliphatic carbocycles. The van der Waals surface area contributed by atoms with E-state index in [2.05, 4.69) is 0 Å². The van der Waals surface area contributed by atoms with E-state index in [1.54, 1.807) is 0 Å². The van der Waals surface area contributed by atoms with Gasteiger partial charge >= 0.3 is 0 Å². The van der Waals surface area contributed by atoms with Gasteiger partial charge in [0.2, 0.25) is 0 Å². The molecule has 0 aromatic carbocycles. The molecule has 0 saturated heterocycles. The normalized spacial score (nSPS) is 0. The van der Waals surface area contributed by atoms with Crippen LogP contribution in [0, 0.1) is 0 Å². The molecule has 0 aromatic rings. The van der Waals surface area contributed by atoms with Crippen molar-refractivity contribution in [3.05, 3.63) is 0 Å². The number of hydrogen-bond acceptors (Lipinski definition) is 0. The van der Waals surface area contributed by atoms with Gasteiger partial charge in [-0.15, -0.1) is 0 Å². The van der Waals surface area contributed by atoms with E-state index < -0.39 is 0 Å². The summed E-state index contributed by atoms with van der Waals surface area (Å²) in [6.45, 7) is 0. The molecule has 0 unspecified atom stereocenters. The van der Waals surface area contributed by atoms with Crippen LogP contribution >= 0.6 is 0 Å². The Labute approximate surface area is 70.2 Å². The fraction of sp³-hybridized carbons (Fsp3) is 0. The van der Waals surface area contributed by atoms with Crippen LogP contribution in [0.3, 0.4) is 0 Å². The number of rotatable bonds is 0. The maximum atomic E-state index is 0. The largest absolute Gasteiger partial charge is 0.412 e. The smallest absolute Gasteiger partial charge is 0 e. The van der Waals surface area contributed by atoms with Gasteiger partial charge in [0.1, 0.15) is 0 Å². The fourth-order valence-corrected chi connectivity index (χ4v) is 0. The Bertz CT molecular complexity index is 8.00. The van der Waals surface area contributed by atoms with E-state index in [4.69, 9.17) is 0 Å². The zero-order valence-electron chi connectivity index (χ0n) is 1.82. The Kier molecular flexibility index (Phi) is 176. The third-order valence-corrected chi connectivity index (χ3v) is 0. The minimum absolute atomic E-state index is 0. The average molecular weight is 332 g/mol. The molecular formula is H2NiOPbTi. The van der Waals surface area contributed by atoms with E-state index in [-0.39, 0.29) is 71.0 Å². The van der Waals surface area contributed by atoms with Crippen LogP contribution in [0.15, 0.2) is 0 Å². The molecule has 4 heteroatoms. The summed E-state index contributed by atoms with van der Waals surface area (Å²) in [5.74, 6) is 0. The van der Waals surface area contributed by atoms with E-state index in [1.165, 1.54) is 0 Å². The first-order valence-electron chi connectivity index (χ1n) is 0. The zero-order chi connectivity index (χ0) is 0. The molecule has 0 atom stereocenters. The van der Waals surface area contributed by atoms with Crippen molar-refractivity contribution in [1.82, 2.24) is 0 Å². The van der Waals surface area contributed by atoms with Crippen molar-refractivity contribution in [1.29, 1.82) is 0 Å². The van der Waals surface area contributed by atoms with Crippen LogP contribution in [0.1, 0.15) is 0 Å². The first-order valence-corrected chi connectivity index (χ1v) is 0. The van der Waals surface area contributed by atoms with Gasteiger partial charge in [-0.05, 0) is 0 Å². The summed E-state index contributed by atoms with van der Waals surface area (Å²) in [4.78, 5) is 0. The monoisotopic (exact) mass is 332 g/mol. The van der Waals surface area contributed by atoms with Gasteiger partial charge < -0.3 is 5.48 Å². The number of hydrogen-bond donors (Lipinski definition) is 0. The molecule has 4 radical (unpaired) electrons. The van der Waals surface area contributed by atoms with Crippen molar-refractivity contribution in [3.63, 3.8) is 0 Å². The Morgan fingerprint density at radius 1 is 1.00 bits per heavy atom. The van der Waals surface area contributed by atoms with Gasteiger partial charge in [0.05, 0.1) is 0 Å². The molecule has 0 aromatic heterocycles. The van der Waals surface area contributed by atoms with E-state index in [1.807, 2.05) is 0 Å². The summed E-state index contributed by atoms with van der Waals surface area (Å²) in [6.07, 6.45) is 0. The SMILES string of the molecule is O.[Ni].[Pb].[Ti]. The Balaban J connectivity index is 0. The molecule has 26 valence electrons. The van der Waals surface area contributed by atoms with Crippen LogP contribution in [-0.4, -0.2) is 32.8 Å². The summed E-state index contributed by atoms with van der Waals surface area (Å²) in [5.41, 5.74) is 0. The van der Waals surface area contributed by atoms with Gasteiger partial charge in [-0.1, -0.05) is 0 Å². The van der Waals surface area contributed by atoms with E-state index in [0.29, 0.717) is 0 Å². The molecule has 0 bridgehead atoms. The molecule has 0 heterocycles. The van der Waals surface area contributed by atoms with Crippen LogP contribution in [0.4, 0.5) is 0 Å². The second kappa shape index (κ2) is 19.5. The second-order valence-electron chi connectivity index (χ2n) is 0. The van der Waals surface area contributed by atoms with Gasteiger partial charge in [-0.25, -0.2) is 0 Å². The molecule has 0 saturated carbocycles. The van der Waals surface area contributed by atoms with Crippen molar-refractivity contribution in [3.8, 4) is 0 Å². The maximum Gasteiger partial charge on any atom is 0 e. The first-order chi connectivity index (χ1) is 0. The van der Waals surface area contributed by atoms with Crippen molar-refractivity contribution in [2.75, 3.05) is 0 Å². The topological polar surface area (TPSA) is 31.5 Å². The van der Waals surface area contributed by atoms with Crippen molar-refractivity contribution >= 4 is 27.3 Å². The van der Waals surface area contributed by atoms with Crippen LogP contribution in [0.2, 0.25) is 0 Å².